The number of hydrogen-bond donors (Lipinski definition) is 2. The van der Waals surface area contributed by atoms with Crippen LogP contribution >= 0.6 is 11.8 Å². The fourth-order valence-corrected chi connectivity index (χ4v) is 2.30. The summed E-state index contributed by atoms with van der Waals surface area (Å²) >= 11 is 1.93. The van der Waals surface area contributed by atoms with Crippen LogP contribution in [0.2, 0.25) is 0 Å². The molecule has 0 aliphatic rings. The predicted octanol–water partition coefficient (Wildman–Crippen LogP) is 3.16. The van der Waals surface area contributed by atoms with Crippen molar-refractivity contribution in [2.45, 2.75) is 32.6 Å². The third kappa shape index (κ3) is 5.12. The molecule has 0 unspecified atom stereocenters. The van der Waals surface area contributed by atoms with Gasteiger partial charge >= 0.3 is 0 Å². The maximum atomic E-state index is 4.27. The summed E-state index contributed by atoms with van der Waals surface area (Å²) in [5, 5.41) is 6.45. The summed E-state index contributed by atoms with van der Waals surface area (Å²) in [5.74, 6) is 3.12. The van der Waals surface area contributed by atoms with Gasteiger partial charge in [0.25, 0.3) is 0 Å². The molecule has 0 radical (unpaired) electrons. The molecular formula is C13H24N4S. The van der Waals surface area contributed by atoms with E-state index in [1.807, 2.05) is 25.7 Å². The lowest BCUT2D eigenvalue weighted by atomic mass is 10.2. The first-order valence-corrected chi connectivity index (χ1v) is 7.91. The molecule has 4 nitrogen and oxygen atoms in total. The van der Waals surface area contributed by atoms with E-state index >= 15 is 0 Å². The van der Waals surface area contributed by atoms with E-state index in [0.29, 0.717) is 0 Å². The van der Waals surface area contributed by atoms with Gasteiger partial charge in [0.2, 0.25) is 0 Å². The topological polar surface area (TPSA) is 49.8 Å². The number of anilines is 2. The first-order chi connectivity index (χ1) is 8.79. The maximum absolute atomic E-state index is 4.27. The van der Waals surface area contributed by atoms with Crippen molar-refractivity contribution < 1.29 is 0 Å². The highest BCUT2D eigenvalue weighted by Crippen LogP contribution is 2.17. The van der Waals surface area contributed by atoms with E-state index in [4.69, 9.17) is 0 Å². The molecule has 0 aromatic carbocycles. The summed E-state index contributed by atoms with van der Waals surface area (Å²) in [4.78, 5) is 8.44. The average Bonchev–Trinajstić information content (AvgIpc) is 2.39. The first kappa shape index (κ1) is 15.1. The van der Waals surface area contributed by atoms with E-state index in [1.54, 1.807) is 6.33 Å². The second-order valence-corrected chi connectivity index (χ2v) is 5.27. The Balaban J connectivity index is 2.23. The van der Waals surface area contributed by atoms with Crippen molar-refractivity contribution in [2.75, 3.05) is 36.2 Å². The average molecular weight is 268 g/mol. The van der Waals surface area contributed by atoms with Gasteiger partial charge in [-0.2, -0.15) is 11.8 Å². The Morgan fingerprint density at radius 3 is 2.56 bits per heavy atom. The fourth-order valence-electron chi connectivity index (χ4n) is 1.81. The molecule has 0 saturated heterocycles. The van der Waals surface area contributed by atoms with Crippen LogP contribution < -0.4 is 10.6 Å². The molecule has 1 aromatic heterocycles. The standard InChI is InChI=1S/C13H24N4S/c1-11-12(14-2)16-10-17-13(11)15-8-6-4-5-7-9-18-3/h10H,4-9H2,1-3H3,(H2,14,15,16,17). The highest BCUT2D eigenvalue weighted by Gasteiger charge is 2.04. The lowest BCUT2D eigenvalue weighted by Gasteiger charge is -2.10. The van der Waals surface area contributed by atoms with Crippen molar-refractivity contribution in [1.82, 2.24) is 9.97 Å². The summed E-state index contributed by atoms with van der Waals surface area (Å²) < 4.78 is 0. The van der Waals surface area contributed by atoms with Crippen molar-refractivity contribution in [2.24, 2.45) is 0 Å². The molecule has 0 spiro atoms. The number of unbranched alkanes of at least 4 members (excludes halogenated alkanes) is 3. The molecule has 1 rings (SSSR count). The van der Waals surface area contributed by atoms with E-state index in [9.17, 15) is 0 Å². The Morgan fingerprint density at radius 2 is 1.83 bits per heavy atom. The molecule has 5 heteroatoms. The van der Waals surface area contributed by atoms with Crippen LogP contribution in [0.5, 0.6) is 0 Å². The van der Waals surface area contributed by atoms with E-state index < -0.39 is 0 Å². The fraction of sp³-hybridized carbons (Fsp3) is 0.692. The molecule has 102 valence electrons. The van der Waals surface area contributed by atoms with Gasteiger partial charge in [0.05, 0.1) is 0 Å². The van der Waals surface area contributed by atoms with Crippen LogP contribution in [-0.4, -0.2) is 35.6 Å². The summed E-state index contributed by atoms with van der Waals surface area (Å²) in [6.45, 7) is 3.02. The van der Waals surface area contributed by atoms with Crippen LogP contribution in [-0.2, 0) is 0 Å². The van der Waals surface area contributed by atoms with Crippen molar-refractivity contribution in [1.29, 1.82) is 0 Å². The Bertz CT molecular complexity index is 344. The lowest BCUT2D eigenvalue weighted by Crippen LogP contribution is -2.07. The largest absolute Gasteiger partial charge is 0.373 e. The van der Waals surface area contributed by atoms with Crippen molar-refractivity contribution >= 4 is 23.4 Å². The molecule has 0 bridgehead atoms. The summed E-state index contributed by atoms with van der Waals surface area (Å²) in [7, 11) is 1.88. The van der Waals surface area contributed by atoms with Gasteiger partial charge in [0.15, 0.2) is 0 Å². The third-order valence-electron chi connectivity index (χ3n) is 2.89. The number of hydrogen-bond acceptors (Lipinski definition) is 5. The highest BCUT2D eigenvalue weighted by molar-refractivity contribution is 7.98. The summed E-state index contributed by atoms with van der Waals surface area (Å²) in [6.07, 6.45) is 8.91. The lowest BCUT2D eigenvalue weighted by molar-refractivity contribution is 0.688. The molecule has 1 heterocycles. The van der Waals surface area contributed by atoms with Crippen molar-refractivity contribution in [3.8, 4) is 0 Å². The molecule has 0 amide bonds. The number of nitrogens with one attached hydrogen (secondary N) is 2. The normalized spacial score (nSPS) is 10.4. The van der Waals surface area contributed by atoms with Gasteiger partial charge in [-0.3, -0.25) is 0 Å². The molecule has 0 fully saturated rings. The summed E-state index contributed by atoms with van der Waals surface area (Å²) in [6, 6.07) is 0. The predicted molar refractivity (Wildman–Crippen MR) is 81.7 cm³/mol. The van der Waals surface area contributed by atoms with Gasteiger partial charge in [0.1, 0.15) is 18.0 Å². The van der Waals surface area contributed by atoms with Crippen molar-refractivity contribution in [3.63, 3.8) is 0 Å². The van der Waals surface area contributed by atoms with E-state index in [1.165, 1.54) is 31.4 Å². The van der Waals surface area contributed by atoms with Crippen LogP contribution in [0.1, 0.15) is 31.2 Å². The zero-order chi connectivity index (χ0) is 13.2. The van der Waals surface area contributed by atoms with Gasteiger partial charge in [-0.05, 0) is 31.8 Å². The minimum Gasteiger partial charge on any atom is -0.373 e. The van der Waals surface area contributed by atoms with Crippen LogP contribution in [0, 0.1) is 6.92 Å². The second-order valence-electron chi connectivity index (χ2n) is 4.28. The zero-order valence-electron chi connectivity index (χ0n) is 11.6. The minimum atomic E-state index is 0.896. The Morgan fingerprint density at radius 1 is 1.11 bits per heavy atom. The van der Waals surface area contributed by atoms with Gasteiger partial charge in [0, 0.05) is 19.2 Å². The Labute approximate surface area is 114 Å². The molecule has 0 aliphatic heterocycles. The Kier molecular flexibility index (Phi) is 7.57. The smallest absolute Gasteiger partial charge is 0.134 e. The molecule has 1 aromatic rings. The molecule has 18 heavy (non-hydrogen) atoms. The molecule has 0 aliphatic carbocycles. The highest BCUT2D eigenvalue weighted by atomic mass is 32.2. The van der Waals surface area contributed by atoms with Gasteiger partial charge in [-0.25, -0.2) is 9.97 Å². The molecule has 2 N–H and O–H groups in total. The molecular weight excluding hydrogens is 244 g/mol. The van der Waals surface area contributed by atoms with Gasteiger partial charge in [-0.1, -0.05) is 12.8 Å². The quantitative estimate of drug-likeness (QED) is 0.674. The van der Waals surface area contributed by atoms with Crippen molar-refractivity contribution in [3.05, 3.63) is 11.9 Å². The zero-order valence-corrected chi connectivity index (χ0v) is 12.4. The summed E-state index contributed by atoms with van der Waals surface area (Å²) in [5.41, 5.74) is 1.09. The van der Waals surface area contributed by atoms with E-state index in [-0.39, 0.29) is 0 Å². The maximum Gasteiger partial charge on any atom is 0.134 e. The SMILES string of the molecule is CNc1ncnc(NCCCCCCSC)c1C. The minimum absolute atomic E-state index is 0.896. The van der Waals surface area contributed by atoms with Crippen LogP contribution in [0.25, 0.3) is 0 Å². The van der Waals surface area contributed by atoms with Crippen LogP contribution in [0.15, 0.2) is 6.33 Å². The van der Waals surface area contributed by atoms with E-state index in [2.05, 4.69) is 26.9 Å². The van der Waals surface area contributed by atoms with Gasteiger partial charge in [-0.15, -0.1) is 0 Å². The Hall–Kier alpha value is -0.970. The number of nitrogens with zero attached hydrogens (tertiary/aromatic N) is 2. The third-order valence-corrected chi connectivity index (χ3v) is 3.59. The monoisotopic (exact) mass is 268 g/mol. The van der Waals surface area contributed by atoms with Gasteiger partial charge < -0.3 is 10.6 Å². The number of aromatic nitrogens is 2. The molecule has 0 atom stereocenters. The number of thioether (sulfide) groups is 1. The van der Waals surface area contributed by atoms with Crippen LogP contribution in [0.4, 0.5) is 11.6 Å². The first-order valence-electron chi connectivity index (χ1n) is 6.51. The van der Waals surface area contributed by atoms with Crippen LogP contribution in [0.3, 0.4) is 0 Å². The second kappa shape index (κ2) is 9.03. The number of rotatable bonds is 9. The van der Waals surface area contributed by atoms with E-state index in [0.717, 1.165) is 23.7 Å². The molecule has 0 saturated carbocycles.